The van der Waals surface area contributed by atoms with Crippen molar-refractivity contribution >= 4 is 5.91 Å². The number of pyridine rings is 1. The van der Waals surface area contributed by atoms with Crippen LogP contribution in [0.4, 0.5) is 0 Å². The molecule has 0 aromatic carbocycles. The van der Waals surface area contributed by atoms with Crippen LogP contribution < -0.4 is 4.74 Å². The van der Waals surface area contributed by atoms with Gasteiger partial charge in [-0.15, -0.1) is 0 Å². The Bertz CT molecular complexity index is 591. The molecule has 2 aromatic rings. The van der Waals surface area contributed by atoms with Crippen molar-refractivity contribution in [1.82, 2.24) is 15.0 Å². The summed E-state index contributed by atoms with van der Waals surface area (Å²) in [6, 6.07) is 3.40. The highest BCUT2D eigenvalue weighted by molar-refractivity contribution is 5.94. The highest BCUT2D eigenvalue weighted by Gasteiger charge is 2.24. The maximum atomic E-state index is 12.3. The Kier molecular flexibility index (Phi) is 2.91. The Labute approximate surface area is 110 Å². The van der Waals surface area contributed by atoms with Crippen LogP contribution in [0.15, 0.2) is 29.0 Å². The van der Waals surface area contributed by atoms with Gasteiger partial charge in [-0.3, -0.25) is 4.79 Å². The fourth-order valence-corrected chi connectivity index (χ4v) is 2.12. The summed E-state index contributed by atoms with van der Waals surface area (Å²) in [5.41, 5.74) is 1.53. The first kappa shape index (κ1) is 11.7. The van der Waals surface area contributed by atoms with E-state index in [4.69, 9.17) is 9.26 Å². The summed E-state index contributed by atoms with van der Waals surface area (Å²) in [6.07, 6.45) is 3.90. The van der Waals surface area contributed by atoms with Gasteiger partial charge in [0, 0.05) is 30.8 Å². The van der Waals surface area contributed by atoms with Crippen LogP contribution >= 0.6 is 0 Å². The predicted octanol–water partition coefficient (Wildman–Crippen LogP) is 1.28. The molecule has 0 N–H and O–H groups in total. The zero-order chi connectivity index (χ0) is 13.2. The second-order valence-electron chi connectivity index (χ2n) is 4.34. The monoisotopic (exact) mass is 259 g/mol. The van der Waals surface area contributed by atoms with Gasteiger partial charge in [0.25, 0.3) is 5.91 Å². The molecule has 0 aliphatic carbocycles. The first-order valence-electron chi connectivity index (χ1n) is 5.99. The Morgan fingerprint density at radius 2 is 2.32 bits per heavy atom. The molecule has 0 spiro atoms. The molecule has 0 radical (unpaired) electrons. The zero-order valence-corrected chi connectivity index (χ0v) is 10.5. The van der Waals surface area contributed by atoms with Gasteiger partial charge in [-0.05, 0) is 6.07 Å². The summed E-state index contributed by atoms with van der Waals surface area (Å²) in [7, 11) is 1.54. The molecule has 1 aliphatic heterocycles. The largest absolute Gasteiger partial charge is 0.481 e. The van der Waals surface area contributed by atoms with Gasteiger partial charge in [0.15, 0.2) is 0 Å². The number of amides is 1. The Morgan fingerprint density at radius 3 is 3.05 bits per heavy atom. The molecular formula is C13H13N3O3. The summed E-state index contributed by atoms with van der Waals surface area (Å²) >= 11 is 0. The third kappa shape index (κ3) is 2.16. The first-order chi connectivity index (χ1) is 9.28. The molecule has 0 fully saturated rings. The molecule has 3 heterocycles. The molecule has 2 aromatic heterocycles. The summed E-state index contributed by atoms with van der Waals surface area (Å²) in [5, 5.41) is 3.75. The number of methoxy groups -OCH3 is 1. The second-order valence-corrected chi connectivity index (χ2v) is 4.34. The minimum Gasteiger partial charge on any atom is -0.481 e. The average molecular weight is 259 g/mol. The number of carbonyl (C=O) groups is 1. The molecule has 1 aliphatic rings. The Morgan fingerprint density at radius 1 is 1.42 bits per heavy atom. The van der Waals surface area contributed by atoms with Crippen molar-refractivity contribution in [2.75, 3.05) is 13.7 Å². The van der Waals surface area contributed by atoms with E-state index in [0.717, 1.165) is 11.3 Å². The number of aromatic nitrogens is 2. The van der Waals surface area contributed by atoms with Crippen molar-refractivity contribution in [2.45, 2.75) is 13.0 Å². The number of carbonyl (C=O) groups excluding carboxylic acids is 1. The van der Waals surface area contributed by atoms with Crippen molar-refractivity contribution < 1.29 is 14.1 Å². The minimum absolute atomic E-state index is 0.0398. The first-order valence-corrected chi connectivity index (χ1v) is 5.99. The van der Waals surface area contributed by atoms with Crippen molar-refractivity contribution in [3.8, 4) is 5.88 Å². The molecule has 19 heavy (non-hydrogen) atoms. The average Bonchev–Trinajstić information content (AvgIpc) is 2.94. The van der Waals surface area contributed by atoms with Crippen LogP contribution in [-0.2, 0) is 13.0 Å². The molecular weight excluding hydrogens is 246 g/mol. The third-order valence-corrected chi connectivity index (χ3v) is 3.18. The normalized spacial score (nSPS) is 14.1. The van der Waals surface area contributed by atoms with Gasteiger partial charge < -0.3 is 14.2 Å². The number of nitrogens with zero attached hydrogens (tertiary/aromatic N) is 3. The molecule has 0 unspecified atom stereocenters. The molecule has 6 heteroatoms. The molecule has 6 nitrogen and oxygen atoms in total. The topological polar surface area (TPSA) is 68.5 Å². The van der Waals surface area contributed by atoms with E-state index >= 15 is 0 Å². The van der Waals surface area contributed by atoms with Crippen molar-refractivity contribution in [2.24, 2.45) is 0 Å². The van der Waals surface area contributed by atoms with Crippen molar-refractivity contribution in [1.29, 1.82) is 0 Å². The van der Waals surface area contributed by atoms with E-state index in [9.17, 15) is 4.79 Å². The van der Waals surface area contributed by atoms with E-state index in [0.29, 0.717) is 31.0 Å². The molecule has 1 amide bonds. The zero-order valence-electron chi connectivity index (χ0n) is 10.5. The van der Waals surface area contributed by atoms with Gasteiger partial charge in [0.1, 0.15) is 5.76 Å². The number of hydrogen-bond acceptors (Lipinski definition) is 5. The Balaban J connectivity index is 1.77. The van der Waals surface area contributed by atoms with E-state index in [1.165, 1.54) is 6.20 Å². The van der Waals surface area contributed by atoms with Crippen LogP contribution in [0.2, 0.25) is 0 Å². The van der Waals surface area contributed by atoms with Gasteiger partial charge >= 0.3 is 0 Å². The molecule has 0 saturated heterocycles. The SMILES string of the molecule is COc1ccc(C(=O)N2CCc3oncc3C2)cn1. The quantitative estimate of drug-likeness (QED) is 0.812. The number of ether oxygens (including phenoxy) is 1. The van der Waals surface area contributed by atoms with Crippen LogP contribution in [0.1, 0.15) is 21.7 Å². The van der Waals surface area contributed by atoms with Gasteiger partial charge in [-0.25, -0.2) is 4.98 Å². The standard InChI is InChI=1S/C13H13N3O3/c1-18-12-3-2-9(6-14-12)13(17)16-5-4-11-10(8-16)7-15-19-11/h2-3,6-7H,4-5,8H2,1H3. The van der Waals surface area contributed by atoms with Gasteiger partial charge in [0.2, 0.25) is 5.88 Å². The predicted molar refractivity (Wildman–Crippen MR) is 65.7 cm³/mol. The lowest BCUT2D eigenvalue weighted by molar-refractivity contribution is 0.0728. The van der Waals surface area contributed by atoms with E-state index in [1.807, 2.05) is 0 Å². The van der Waals surface area contributed by atoms with Crippen molar-refractivity contribution in [3.05, 3.63) is 41.4 Å². The molecule has 0 saturated carbocycles. The lowest BCUT2D eigenvalue weighted by atomic mass is 10.1. The van der Waals surface area contributed by atoms with E-state index in [2.05, 4.69) is 10.1 Å². The van der Waals surface area contributed by atoms with Gasteiger partial charge in [-0.2, -0.15) is 0 Å². The Hall–Kier alpha value is -2.37. The van der Waals surface area contributed by atoms with E-state index in [1.54, 1.807) is 30.3 Å². The van der Waals surface area contributed by atoms with Crippen LogP contribution in [0, 0.1) is 0 Å². The highest BCUT2D eigenvalue weighted by Crippen LogP contribution is 2.20. The fourth-order valence-electron chi connectivity index (χ4n) is 2.12. The van der Waals surface area contributed by atoms with Crippen LogP contribution in [0.3, 0.4) is 0 Å². The van der Waals surface area contributed by atoms with E-state index in [-0.39, 0.29) is 5.91 Å². The molecule has 0 bridgehead atoms. The summed E-state index contributed by atoms with van der Waals surface area (Å²) < 4.78 is 10.1. The molecule has 98 valence electrons. The summed E-state index contributed by atoms with van der Waals surface area (Å²) in [5.74, 6) is 1.33. The summed E-state index contributed by atoms with van der Waals surface area (Å²) in [6.45, 7) is 1.16. The van der Waals surface area contributed by atoms with E-state index < -0.39 is 0 Å². The van der Waals surface area contributed by atoms with Gasteiger partial charge in [-0.1, -0.05) is 5.16 Å². The smallest absolute Gasteiger partial charge is 0.255 e. The van der Waals surface area contributed by atoms with Gasteiger partial charge in [0.05, 0.1) is 25.4 Å². The van der Waals surface area contributed by atoms with Crippen LogP contribution in [-0.4, -0.2) is 34.6 Å². The number of rotatable bonds is 2. The van der Waals surface area contributed by atoms with Crippen LogP contribution in [0.5, 0.6) is 5.88 Å². The maximum absolute atomic E-state index is 12.3. The minimum atomic E-state index is -0.0398. The fraction of sp³-hybridized carbons (Fsp3) is 0.308. The third-order valence-electron chi connectivity index (χ3n) is 3.18. The lowest BCUT2D eigenvalue weighted by Crippen LogP contribution is -2.35. The molecule has 0 atom stereocenters. The number of fused-ring (bicyclic) bond motifs is 1. The lowest BCUT2D eigenvalue weighted by Gasteiger charge is -2.25. The van der Waals surface area contributed by atoms with Crippen LogP contribution in [0.25, 0.3) is 0 Å². The van der Waals surface area contributed by atoms with Crippen molar-refractivity contribution in [3.63, 3.8) is 0 Å². The second kappa shape index (κ2) is 4.72. The summed E-state index contributed by atoms with van der Waals surface area (Å²) in [4.78, 5) is 18.1. The molecule has 3 rings (SSSR count). The maximum Gasteiger partial charge on any atom is 0.255 e. The number of hydrogen-bond donors (Lipinski definition) is 0. The highest BCUT2D eigenvalue weighted by atomic mass is 16.5.